The summed E-state index contributed by atoms with van der Waals surface area (Å²) in [6.07, 6.45) is 4.37. The normalized spacial score (nSPS) is 13.8. The number of fused-ring (bicyclic) bond motifs is 1. The first-order chi connectivity index (χ1) is 9.69. The first-order valence-electron chi connectivity index (χ1n) is 6.43. The van der Waals surface area contributed by atoms with Crippen molar-refractivity contribution in [2.75, 3.05) is 11.4 Å². The van der Waals surface area contributed by atoms with E-state index >= 15 is 0 Å². The Kier molecular flexibility index (Phi) is 3.41. The van der Waals surface area contributed by atoms with E-state index in [1.54, 1.807) is 6.20 Å². The molecule has 0 aliphatic carbocycles. The molecule has 0 unspecified atom stereocenters. The predicted octanol–water partition coefficient (Wildman–Crippen LogP) is 2.98. The van der Waals surface area contributed by atoms with E-state index in [2.05, 4.69) is 36.9 Å². The highest BCUT2D eigenvalue weighted by atomic mass is 79.9. The van der Waals surface area contributed by atoms with Crippen LogP contribution in [-0.2, 0) is 13.0 Å². The summed E-state index contributed by atoms with van der Waals surface area (Å²) >= 11 is 3.59. The molecular formula is C15H13BrN4. The third-order valence-electron chi connectivity index (χ3n) is 3.54. The highest BCUT2D eigenvalue weighted by molar-refractivity contribution is 9.10. The topological polar surface area (TPSA) is 52.8 Å². The summed E-state index contributed by atoms with van der Waals surface area (Å²) in [5.74, 6) is 0. The number of nitrogens with zero attached hydrogens (tertiary/aromatic N) is 4. The van der Waals surface area contributed by atoms with E-state index in [1.807, 2.05) is 25.3 Å². The van der Waals surface area contributed by atoms with Crippen LogP contribution in [0.1, 0.15) is 22.5 Å². The Morgan fingerprint density at radius 1 is 1.40 bits per heavy atom. The lowest BCUT2D eigenvalue weighted by molar-refractivity contribution is 0.707. The van der Waals surface area contributed by atoms with E-state index in [9.17, 15) is 5.26 Å². The highest BCUT2D eigenvalue weighted by Gasteiger charge is 2.21. The standard InChI is InChI=1S/C15H13BrN4/c1-10-6-15(11(7-17)8-19-10)20-5-3-14-12(9-20)13(16)2-4-18-14/h2,4,6,8H,3,5,9H2,1H3. The Morgan fingerprint density at radius 2 is 2.25 bits per heavy atom. The van der Waals surface area contributed by atoms with E-state index < -0.39 is 0 Å². The summed E-state index contributed by atoms with van der Waals surface area (Å²) in [4.78, 5) is 10.9. The van der Waals surface area contributed by atoms with Crippen molar-refractivity contribution in [2.45, 2.75) is 19.9 Å². The van der Waals surface area contributed by atoms with Gasteiger partial charge in [0.25, 0.3) is 0 Å². The minimum absolute atomic E-state index is 0.624. The van der Waals surface area contributed by atoms with Crippen LogP contribution in [0.3, 0.4) is 0 Å². The number of aryl methyl sites for hydroxylation is 1. The van der Waals surface area contributed by atoms with Gasteiger partial charge in [-0.2, -0.15) is 5.26 Å². The van der Waals surface area contributed by atoms with Gasteiger partial charge in [0, 0.05) is 53.3 Å². The molecule has 0 fully saturated rings. The summed E-state index contributed by atoms with van der Waals surface area (Å²) in [5, 5.41) is 9.25. The minimum atomic E-state index is 0.624. The van der Waals surface area contributed by atoms with Crippen LogP contribution in [0.25, 0.3) is 0 Å². The maximum atomic E-state index is 9.25. The average molecular weight is 329 g/mol. The molecule has 1 aliphatic heterocycles. The SMILES string of the molecule is Cc1cc(N2CCc3nccc(Br)c3C2)c(C#N)cn1. The highest BCUT2D eigenvalue weighted by Crippen LogP contribution is 2.30. The molecule has 0 saturated heterocycles. The Bertz CT molecular complexity index is 706. The third-order valence-corrected chi connectivity index (χ3v) is 4.28. The van der Waals surface area contributed by atoms with Crippen molar-refractivity contribution in [3.8, 4) is 6.07 Å². The molecule has 5 heteroatoms. The zero-order valence-electron chi connectivity index (χ0n) is 11.1. The zero-order valence-corrected chi connectivity index (χ0v) is 12.7. The van der Waals surface area contributed by atoms with Crippen LogP contribution in [0.4, 0.5) is 5.69 Å². The van der Waals surface area contributed by atoms with Gasteiger partial charge in [-0.25, -0.2) is 0 Å². The van der Waals surface area contributed by atoms with Crippen molar-refractivity contribution in [3.05, 3.63) is 51.5 Å². The van der Waals surface area contributed by atoms with Gasteiger partial charge in [-0.05, 0) is 19.1 Å². The number of hydrogen-bond donors (Lipinski definition) is 0. The molecular weight excluding hydrogens is 316 g/mol. The van der Waals surface area contributed by atoms with Gasteiger partial charge >= 0.3 is 0 Å². The second-order valence-corrected chi connectivity index (χ2v) is 5.70. The first kappa shape index (κ1) is 13.1. The second kappa shape index (κ2) is 5.22. The molecule has 3 rings (SSSR count). The fraction of sp³-hybridized carbons (Fsp3) is 0.267. The lowest BCUT2D eigenvalue weighted by Crippen LogP contribution is -2.31. The lowest BCUT2D eigenvalue weighted by Gasteiger charge is -2.31. The molecule has 0 N–H and O–H groups in total. The smallest absolute Gasteiger partial charge is 0.103 e. The van der Waals surface area contributed by atoms with E-state index in [1.165, 1.54) is 5.56 Å². The van der Waals surface area contributed by atoms with Crippen molar-refractivity contribution in [1.82, 2.24) is 9.97 Å². The summed E-state index contributed by atoms with van der Waals surface area (Å²) in [6.45, 7) is 3.58. The molecule has 0 saturated carbocycles. The second-order valence-electron chi connectivity index (χ2n) is 4.84. The maximum Gasteiger partial charge on any atom is 0.103 e. The zero-order chi connectivity index (χ0) is 14.1. The number of hydrogen-bond acceptors (Lipinski definition) is 4. The molecule has 20 heavy (non-hydrogen) atoms. The van der Waals surface area contributed by atoms with Gasteiger partial charge in [-0.15, -0.1) is 0 Å². The molecule has 0 atom stereocenters. The van der Waals surface area contributed by atoms with E-state index in [4.69, 9.17) is 0 Å². The quantitative estimate of drug-likeness (QED) is 0.807. The number of pyridine rings is 2. The van der Waals surface area contributed by atoms with Crippen LogP contribution in [-0.4, -0.2) is 16.5 Å². The molecule has 0 amide bonds. The largest absolute Gasteiger partial charge is 0.366 e. The molecule has 4 nitrogen and oxygen atoms in total. The minimum Gasteiger partial charge on any atom is -0.366 e. The van der Waals surface area contributed by atoms with Crippen molar-refractivity contribution in [3.63, 3.8) is 0 Å². The number of halogens is 1. The van der Waals surface area contributed by atoms with Crippen molar-refractivity contribution in [1.29, 1.82) is 5.26 Å². The third kappa shape index (κ3) is 2.27. The van der Waals surface area contributed by atoms with Crippen LogP contribution < -0.4 is 4.90 Å². The summed E-state index contributed by atoms with van der Waals surface area (Å²) in [7, 11) is 0. The number of aromatic nitrogens is 2. The molecule has 100 valence electrons. The van der Waals surface area contributed by atoms with Gasteiger partial charge in [0.05, 0.1) is 11.3 Å². The Hall–Kier alpha value is -1.93. The van der Waals surface area contributed by atoms with Crippen molar-refractivity contribution in [2.24, 2.45) is 0 Å². The van der Waals surface area contributed by atoms with Crippen molar-refractivity contribution >= 4 is 21.6 Å². The fourth-order valence-corrected chi connectivity index (χ4v) is 2.97. The summed E-state index contributed by atoms with van der Waals surface area (Å²) in [5.41, 5.74) is 4.85. The van der Waals surface area contributed by atoms with Crippen LogP contribution >= 0.6 is 15.9 Å². The molecule has 2 aromatic heterocycles. The average Bonchev–Trinajstić information content (AvgIpc) is 2.47. The maximum absolute atomic E-state index is 9.25. The molecule has 0 aromatic carbocycles. The Morgan fingerprint density at radius 3 is 3.05 bits per heavy atom. The van der Waals surface area contributed by atoms with Gasteiger partial charge in [0.15, 0.2) is 0 Å². The molecule has 2 aromatic rings. The van der Waals surface area contributed by atoms with Gasteiger partial charge in [0.1, 0.15) is 6.07 Å². The lowest BCUT2D eigenvalue weighted by atomic mass is 10.0. The molecule has 0 spiro atoms. The summed E-state index contributed by atoms with van der Waals surface area (Å²) < 4.78 is 1.08. The summed E-state index contributed by atoms with van der Waals surface area (Å²) in [6, 6.07) is 6.17. The van der Waals surface area contributed by atoms with Gasteiger partial charge in [0.2, 0.25) is 0 Å². The van der Waals surface area contributed by atoms with Gasteiger partial charge in [-0.3, -0.25) is 9.97 Å². The first-order valence-corrected chi connectivity index (χ1v) is 7.22. The number of anilines is 1. The number of rotatable bonds is 1. The van der Waals surface area contributed by atoms with Gasteiger partial charge in [-0.1, -0.05) is 15.9 Å². The van der Waals surface area contributed by atoms with E-state index in [-0.39, 0.29) is 0 Å². The van der Waals surface area contributed by atoms with Crippen LogP contribution in [0.5, 0.6) is 0 Å². The Balaban J connectivity index is 2.01. The van der Waals surface area contributed by atoms with Crippen molar-refractivity contribution < 1.29 is 0 Å². The van der Waals surface area contributed by atoms with Crippen LogP contribution in [0, 0.1) is 18.3 Å². The molecule has 0 bridgehead atoms. The number of nitriles is 1. The fourth-order valence-electron chi connectivity index (χ4n) is 2.50. The molecule has 3 heterocycles. The van der Waals surface area contributed by atoms with Crippen LogP contribution in [0.15, 0.2) is 29.0 Å². The Labute approximate surface area is 126 Å². The predicted molar refractivity (Wildman–Crippen MR) is 80.4 cm³/mol. The monoisotopic (exact) mass is 328 g/mol. The van der Waals surface area contributed by atoms with E-state index in [0.717, 1.165) is 41.1 Å². The van der Waals surface area contributed by atoms with Gasteiger partial charge < -0.3 is 4.90 Å². The molecule has 1 aliphatic rings. The molecule has 0 radical (unpaired) electrons. The van der Waals surface area contributed by atoms with Crippen LogP contribution in [0.2, 0.25) is 0 Å². The van der Waals surface area contributed by atoms with E-state index in [0.29, 0.717) is 5.56 Å².